The van der Waals surface area contributed by atoms with Crippen LogP contribution >= 0.6 is 0 Å². The molecule has 0 heterocycles. The number of hydrogen-bond donors (Lipinski definition) is 1. The van der Waals surface area contributed by atoms with Gasteiger partial charge in [-0.2, -0.15) is 5.26 Å². The summed E-state index contributed by atoms with van der Waals surface area (Å²) in [6.07, 6.45) is 0.130. The van der Waals surface area contributed by atoms with E-state index in [1.54, 1.807) is 24.3 Å². The van der Waals surface area contributed by atoms with E-state index in [0.717, 1.165) is 11.1 Å². The molecule has 1 amide bonds. The summed E-state index contributed by atoms with van der Waals surface area (Å²) in [7, 11) is 5.71. The minimum atomic E-state index is -1.00. The molecule has 2 aromatic carbocycles. The van der Waals surface area contributed by atoms with Crippen LogP contribution in [0.3, 0.4) is 0 Å². The molecule has 4 nitrogen and oxygen atoms in total. The predicted molar refractivity (Wildman–Crippen MR) is 108 cm³/mol. The first kappa shape index (κ1) is 21.5. The number of carboxylic acid groups (broad SMARTS) is 1. The summed E-state index contributed by atoms with van der Waals surface area (Å²) < 4.78 is 13.3. The van der Waals surface area contributed by atoms with Crippen molar-refractivity contribution in [3.63, 3.8) is 0 Å². The lowest BCUT2D eigenvalue weighted by molar-refractivity contribution is 0.125. The lowest BCUT2D eigenvalue weighted by Gasteiger charge is -2.29. The minimum absolute atomic E-state index is 0.0317. The van der Waals surface area contributed by atoms with Crippen molar-refractivity contribution in [1.82, 2.24) is 4.90 Å². The van der Waals surface area contributed by atoms with Crippen LogP contribution in [-0.4, -0.2) is 30.5 Å². The average molecular weight is 378 g/mol. The Hall–Kier alpha value is -2.81. The van der Waals surface area contributed by atoms with Gasteiger partial charge >= 0.3 is 6.09 Å². The normalized spacial score (nSPS) is 13.9. The quantitative estimate of drug-likeness (QED) is 0.694. The number of amides is 1. The lowest BCUT2D eigenvalue weighted by Crippen LogP contribution is -2.34. The van der Waals surface area contributed by atoms with Crippen LogP contribution in [0.2, 0.25) is 0 Å². The van der Waals surface area contributed by atoms with Crippen molar-refractivity contribution >= 4 is 19.4 Å². The SMILES string of the molecule is [B]c1ccc([C@H](C)N(CC[C@H](CC(C)C#N)c2ccc(F)cc2)C(=O)O)cc1. The van der Waals surface area contributed by atoms with Crippen LogP contribution in [0.1, 0.15) is 49.8 Å². The molecule has 3 atom stereocenters. The molecule has 0 saturated heterocycles. The van der Waals surface area contributed by atoms with Crippen molar-refractivity contribution in [3.05, 3.63) is 65.5 Å². The molecule has 0 saturated carbocycles. The van der Waals surface area contributed by atoms with Crippen LogP contribution < -0.4 is 5.46 Å². The molecule has 28 heavy (non-hydrogen) atoms. The second-order valence-corrected chi connectivity index (χ2v) is 7.12. The fraction of sp³-hybridized carbons (Fsp3) is 0.364. The fourth-order valence-electron chi connectivity index (χ4n) is 3.34. The summed E-state index contributed by atoms with van der Waals surface area (Å²) in [5, 5.41) is 18.9. The first-order chi connectivity index (χ1) is 13.3. The maximum atomic E-state index is 13.3. The number of hydrogen-bond acceptors (Lipinski definition) is 2. The summed E-state index contributed by atoms with van der Waals surface area (Å²) in [4.78, 5) is 13.2. The van der Waals surface area contributed by atoms with Crippen molar-refractivity contribution in [2.75, 3.05) is 6.54 Å². The number of rotatable bonds is 8. The number of benzene rings is 2. The molecular weight excluding hydrogens is 354 g/mol. The third kappa shape index (κ3) is 5.85. The molecule has 6 heteroatoms. The van der Waals surface area contributed by atoms with Crippen LogP contribution in [0.25, 0.3) is 0 Å². The van der Waals surface area contributed by atoms with Crippen molar-refractivity contribution < 1.29 is 14.3 Å². The van der Waals surface area contributed by atoms with Gasteiger partial charge in [0, 0.05) is 12.5 Å². The first-order valence-electron chi connectivity index (χ1n) is 9.32. The minimum Gasteiger partial charge on any atom is -0.465 e. The van der Waals surface area contributed by atoms with Crippen molar-refractivity contribution in [3.8, 4) is 6.07 Å². The highest BCUT2D eigenvalue weighted by Gasteiger charge is 2.23. The van der Waals surface area contributed by atoms with E-state index in [4.69, 9.17) is 7.85 Å². The van der Waals surface area contributed by atoms with E-state index in [9.17, 15) is 19.6 Å². The Balaban J connectivity index is 2.17. The van der Waals surface area contributed by atoms with E-state index in [0.29, 0.717) is 24.8 Å². The number of nitrogens with zero attached hydrogens (tertiary/aromatic N) is 2. The zero-order chi connectivity index (χ0) is 20.7. The molecule has 1 unspecified atom stereocenters. The lowest BCUT2D eigenvalue weighted by atomic mass is 9.87. The van der Waals surface area contributed by atoms with E-state index in [1.807, 2.05) is 26.0 Å². The first-order valence-corrected chi connectivity index (χ1v) is 9.32. The molecule has 0 spiro atoms. The molecule has 0 aliphatic heterocycles. The molecule has 0 fully saturated rings. The topological polar surface area (TPSA) is 64.3 Å². The average Bonchev–Trinajstić information content (AvgIpc) is 2.67. The smallest absolute Gasteiger partial charge is 0.407 e. The van der Waals surface area contributed by atoms with E-state index < -0.39 is 6.09 Å². The zero-order valence-corrected chi connectivity index (χ0v) is 16.2. The summed E-state index contributed by atoms with van der Waals surface area (Å²) >= 11 is 0. The molecule has 0 bridgehead atoms. The van der Waals surface area contributed by atoms with E-state index in [1.165, 1.54) is 17.0 Å². The Labute approximate surface area is 167 Å². The summed E-state index contributed by atoms with van der Waals surface area (Å²) in [5.41, 5.74) is 2.40. The Bertz CT molecular complexity index is 818. The van der Waals surface area contributed by atoms with E-state index in [2.05, 4.69) is 6.07 Å². The van der Waals surface area contributed by atoms with Gasteiger partial charge in [0.25, 0.3) is 0 Å². The Morgan fingerprint density at radius 2 is 1.71 bits per heavy atom. The molecule has 2 aromatic rings. The van der Waals surface area contributed by atoms with Crippen molar-refractivity contribution in [2.45, 2.75) is 38.6 Å². The highest BCUT2D eigenvalue weighted by Crippen LogP contribution is 2.29. The standard InChI is InChI=1S/C22H24BFN2O2/c1-15(14-25)13-19(18-5-9-21(24)10-6-18)11-12-26(22(27)28)16(2)17-3-7-20(23)8-4-17/h3-10,15-16,19H,11-13H2,1-2H3,(H,27,28)/t15?,16-,19+/m0/s1. The van der Waals surface area contributed by atoms with Gasteiger partial charge in [-0.05, 0) is 55.9 Å². The molecule has 2 rings (SSSR count). The number of carbonyl (C=O) groups is 1. The third-order valence-corrected chi connectivity index (χ3v) is 5.05. The summed E-state index contributed by atoms with van der Waals surface area (Å²) in [6.45, 7) is 3.98. The molecule has 1 N–H and O–H groups in total. The van der Waals surface area contributed by atoms with Gasteiger partial charge in [0.05, 0.1) is 12.1 Å². The highest BCUT2D eigenvalue weighted by atomic mass is 19.1. The highest BCUT2D eigenvalue weighted by molar-refractivity contribution is 6.32. The van der Waals surface area contributed by atoms with Crippen LogP contribution in [0, 0.1) is 23.1 Å². The second-order valence-electron chi connectivity index (χ2n) is 7.12. The van der Waals surface area contributed by atoms with Gasteiger partial charge in [0.1, 0.15) is 13.7 Å². The van der Waals surface area contributed by atoms with E-state index in [-0.39, 0.29) is 23.7 Å². The molecular formula is C22H24BFN2O2. The van der Waals surface area contributed by atoms with Gasteiger partial charge in [-0.1, -0.05) is 41.9 Å². The van der Waals surface area contributed by atoms with Crippen LogP contribution in [0.4, 0.5) is 9.18 Å². The molecule has 0 aliphatic carbocycles. The molecule has 144 valence electrons. The molecule has 0 aliphatic rings. The maximum Gasteiger partial charge on any atom is 0.407 e. The zero-order valence-electron chi connectivity index (χ0n) is 16.2. The van der Waals surface area contributed by atoms with Gasteiger partial charge in [-0.25, -0.2) is 9.18 Å². The summed E-state index contributed by atoms with van der Waals surface area (Å²) in [5.74, 6) is -0.529. The summed E-state index contributed by atoms with van der Waals surface area (Å²) in [6, 6.07) is 15.2. The second kappa shape index (κ2) is 9.94. The van der Waals surface area contributed by atoms with Crippen molar-refractivity contribution in [2.24, 2.45) is 5.92 Å². The van der Waals surface area contributed by atoms with Gasteiger partial charge in [0.2, 0.25) is 0 Å². The Morgan fingerprint density at radius 1 is 1.14 bits per heavy atom. The van der Waals surface area contributed by atoms with Crippen LogP contribution in [-0.2, 0) is 0 Å². The van der Waals surface area contributed by atoms with Crippen molar-refractivity contribution in [1.29, 1.82) is 5.26 Å². The molecule has 0 aromatic heterocycles. The van der Waals surface area contributed by atoms with E-state index >= 15 is 0 Å². The fourth-order valence-corrected chi connectivity index (χ4v) is 3.34. The Kier molecular flexibility index (Phi) is 7.63. The molecule has 2 radical (unpaired) electrons. The largest absolute Gasteiger partial charge is 0.465 e. The van der Waals surface area contributed by atoms with Crippen LogP contribution in [0.15, 0.2) is 48.5 Å². The monoisotopic (exact) mass is 378 g/mol. The predicted octanol–water partition coefficient (Wildman–Crippen LogP) is 4.38. The number of nitriles is 1. The van der Waals surface area contributed by atoms with Gasteiger partial charge in [-0.15, -0.1) is 0 Å². The third-order valence-electron chi connectivity index (χ3n) is 5.05. The van der Waals surface area contributed by atoms with Gasteiger partial charge in [0.15, 0.2) is 0 Å². The van der Waals surface area contributed by atoms with Crippen LogP contribution in [0.5, 0.6) is 0 Å². The van der Waals surface area contributed by atoms with Gasteiger partial charge < -0.3 is 10.0 Å². The number of halogens is 1. The van der Waals surface area contributed by atoms with Gasteiger partial charge in [-0.3, -0.25) is 0 Å². The Morgan fingerprint density at radius 3 is 2.25 bits per heavy atom. The maximum absolute atomic E-state index is 13.3.